The molecular weight excluding hydrogens is 304 g/mol. The summed E-state index contributed by atoms with van der Waals surface area (Å²) in [5.41, 5.74) is 6.67. The third kappa shape index (κ3) is 3.40. The number of anilines is 1. The number of hydrogen-bond acceptors (Lipinski definition) is 3. The van der Waals surface area contributed by atoms with Crippen molar-refractivity contribution in [2.24, 2.45) is 0 Å². The van der Waals surface area contributed by atoms with Gasteiger partial charge in [-0.15, -0.1) is 0 Å². The second kappa shape index (κ2) is 6.11. The number of carbonyl (C=O) groups is 1. The monoisotopic (exact) mass is 313 g/mol. The number of rotatable bonds is 3. The Morgan fingerprint density at radius 3 is 2.50 bits per heavy atom. The maximum atomic E-state index is 13.2. The molecule has 0 bridgehead atoms. The van der Waals surface area contributed by atoms with Gasteiger partial charge in [-0.1, -0.05) is 29.3 Å². The summed E-state index contributed by atoms with van der Waals surface area (Å²) in [7, 11) is 0. The van der Waals surface area contributed by atoms with Crippen LogP contribution in [0.25, 0.3) is 0 Å². The van der Waals surface area contributed by atoms with Crippen LogP contribution in [0.2, 0.25) is 10.0 Å². The molecule has 0 aliphatic carbocycles. The van der Waals surface area contributed by atoms with E-state index in [0.717, 1.165) is 0 Å². The first-order valence-corrected chi connectivity index (χ1v) is 6.39. The van der Waals surface area contributed by atoms with Gasteiger partial charge in [0.25, 0.3) is 0 Å². The average Bonchev–Trinajstić information content (AvgIpc) is 2.43. The Bertz CT molecular complexity index is 662. The molecule has 6 heteroatoms. The molecule has 2 rings (SSSR count). The Labute approximate surface area is 125 Å². The highest BCUT2D eigenvalue weighted by Gasteiger charge is 2.10. The first-order valence-electron chi connectivity index (χ1n) is 5.63. The molecule has 2 aromatic carbocycles. The lowest BCUT2D eigenvalue weighted by atomic mass is 10.2. The van der Waals surface area contributed by atoms with Crippen LogP contribution in [-0.2, 0) is 11.3 Å². The van der Waals surface area contributed by atoms with Crippen LogP contribution in [0.15, 0.2) is 36.4 Å². The van der Waals surface area contributed by atoms with Crippen LogP contribution in [0.5, 0.6) is 0 Å². The summed E-state index contributed by atoms with van der Waals surface area (Å²) in [5, 5.41) is 0.381. The third-order valence-electron chi connectivity index (χ3n) is 2.59. The van der Waals surface area contributed by atoms with Crippen molar-refractivity contribution < 1.29 is 13.9 Å². The SMILES string of the molecule is Nc1cc(C(=O)OCc2ccc(Cl)c(F)c2)ccc1Cl. The number of nitrogens with two attached hydrogens (primary N) is 1. The molecule has 0 aliphatic rings. The summed E-state index contributed by atoms with van der Waals surface area (Å²) in [4.78, 5) is 11.8. The normalized spacial score (nSPS) is 10.3. The van der Waals surface area contributed by atoms with Crippen molar-refractivity contribution >= 4 is 34.9 Å². The van der Waals surface area contributed by atoms with Crippen LogP contribution in [-0.4, -0.2) is 5.97 Å². The largest absolute Gasteiger partial charge is 0.457 e. The van der Waals surface area contributed by atoms with Crippen molar-refractivity contribution in [2.45, 2.75) is 6.61 Å². The summed E-state index contributed by atoms with van der Waals surface area (Å²) < 4.78 is 18.3. The zero-order valence-electron chi connectivity index (χ0n) is 10.2. The Kier molecular flexibility index (Phi) is 4.47. The molecule has 0 fully saturated rings. The number of hydrogen-bond donors (Lipinski definition) is 1. The number of benzene rings is 2. The van der Waals surface area contributed by atoms with Crippen molar-refractivity contribution in [2.75, 3.05) is 5.73 Å². The fraction of sp³-hybridized carbons (Fsp3) is 0.0714. The van der Waals surface area contributed by atoms with E-state index in [0.29, 0.717) is 16.3 Å². The lowest BCUT2D eigenvalue weighted by molar-refractivity contribution is 0.0472. The number of carbonyl (C=O) groups excluding carboxylic acids is 1. The second-order valence-corrected chi connectivity index (χ2v) is 4.88. The van der Waals surface area contributed by atoms with E-state index in [1.54, 1.807) is 6.07 Å². The maximum absolute atomic E-state index is 13.2. The van der Waals surface area contributed by atoms with Crippen molar-refractivity contribution in [3.8, 4) is 0 Å². The minimum Gasteiger partial charge on any atom is -0.457 e. The van der Waals surface area contributed by atoms with E-state index >= 15 is 0 Å². The molecule has 0 heterocycles. The van der Waals surface area contributed by atoms with Gasteiger partial charge in [-0.3, -0.25) is 0 Å². The van der Waals surface area contributed by atoms with Crippen LogP contribution in [0, 0.1) is 5.82 Å². The Morgan fingerprint density at radius 2 is 1.85 bits per heavy atom. The minimum atomic E-state index is -0.566. The van der Waals surface area contributed by atoms with E-state index in [1.807, 2.05) is 0 Å². The Hall–Kier alpha value is -1.78. The fourth-order valence-electron chi connectivity index (χ4n) is 1.53. The van der Waals surface area contributed by atoms with Crippen molar-refractivity contribution in [3.63, 3.8) is 0 Å². The van der Waals surface area contributed by atoms with Crippen molar-refractivity contribution in [3.05, 3.63) is 63.4 Å². The van der Waals surface area contributed by atoms with E-state index in [2.05, 4.69) is 0 Å². The van der Waals surface area contributed by atoms with E-state index in [4.69, 9.17) is 33.7 Å². The molecule has 0 radical (unpaired) electrons. The standard InChI is InChI=1S/C14H10Cl2FNO2/c15-10-3-1-8(5-12(10)17)7-20-14(19)9-2-4-11(16)13(18)6-9/h1-6H,7,18H2. The lowest BCUT2D eigenvalue weighted by Gasteiger charge is -2.07. The first-order chi connectivity index (χ1) is 9.47. The fourth-order valence-corrected chi connectivity index (χ4v) is 1.77. The smallest absolute Gasteiger partial charge is 0.338 e. The quantitative estimate of drug-likeness (QED) is 0.686. The summed E-state index contributed by atoms with van der Waals surface area (Å²) >= 11 is 11.3. The highest BCUT2D eigenvalue weighted by molar-refractivity contribution is 6.33. The van der Waals surface area contributed by atoms with Crippen LogP contribution in [0.1, 0.15) is 15.9 Å². The molecule has 2 aromatic rings. The van der Waals surface area contributed by atoms with Gasteiger partial charge in [-0.25, -0.2) is 9.18 Å². The van der Waals surface area contributed by atoms with Crippen LogP contribution >= 0.6 is 23.2 Å². The van der Waals surface area contributed by atoms with Gasteiger partial charge in [0.1, 0.15) is 12.4 Å². The zero-order chi connectivity index (χ0) is 14.7. The zero-order valence-corrected chi connectivity index (χ0v) is 11.7. The van der Waals surface area contributed by atoms with Gasteiger partial charge in [0, 0.05) is 0 Å². The number of halogens is 3. The van der Waals surface area contributed by atoms with Gasteiger partial charge < -0.3 is 10.5 Å². The molecule has 104 valence electrons. The summed E-state index contributed by atoms with van der Waals surface area (Å²) in [6, 6.07) is 8.63. The molecule has 0 saturated carbocycles. The molecule has 0 atom stereocenters. The van der Waals surface area contributed by atoms with Crippen LogP contribution in [0.4, 0.5) is 10.1 Å². The van der Waals surface area contributed by atoms with Gasteiger partial charge in [0.2, 0.25) is 0 Å². The third-order valence-corrected chi connectivity index (χ3v) is 3.24. The minimum absolute atomic E-state index is 0.0190. The highest BCUT2D eigenvalue weighted by atomic mass is 35.5. The maximum Gasteiger partial charge on any atom is 0.338 e. The van der Waals surface area contributed by atoms with Crippen molar-refractivity contribution in [1.82, 2.24) is 0 Å². The number of ether oxygens (including phenoxy) is 1. The summed E-state index contributed by atoms with van der Waals surface area (Å²) in [6.45, 7) is -0.0601. The molecular formula is C14H10Cl2FNO2. The van der Waals surface area contributed by atoms with Gasteiger partial charge in [0.15, 0.2) is 0 Å². The van der Waals surface area contributed by atoms with Crippen LogP contribution < -0.4 is 5.73 Å². The highest BCUT2D eigenvalue weighted by Crippen LogP contribution is 2.20. The predicted octanol–water partition coefficient (Wildman–Crippen LogP) is 4.07. The molecule has 0 aliphatic heterocycles. The summed E-state index contributed by atoms with van der Waals surface area (Å²) in [6.07, 6.45) is 0. The van der Waals surface area contributed by atoms with Gasteiger partial charge in [-0.05, 0) is 35.9 Å². The molecule has 0 amide bonds. The second-order valence-electron chi connectivity index (χ2n) is 4.06. The van der Waals surface area contributed by atoms with E-state index < -0.39 is 11.8 Å². The van der Waals surface area contributed by atoms with E-state index in [9.17, 15) is 9.18 Å². The Balaban J connectivity index is 2.04. The molecule has 0 unspecified atom stereocenters. The van der Waals surface area contributed by atoms with Crippen molar-refractivity contribution in [1.29, 1.82) is 0 Å². The average molecular weight is 314 g/mol. The number of nitrogen functional groups attached to an aromatic ring is 1. The first kappa shape index (κ1) is 14.6. The lowest BCUT2D eigenvalue weighted by Crippen LogP contribution is -2.06. The summed E-state index contributed by atoms with van der Waals surface area (Å²) in [5.74, 6) is -1.13. The molecule has 3 nitrogen and oxygen atoms in total. The predicted molar refractivity (Wildman–Crippen MR) is 76.4 cm³/mol. The number of esters is 1. The molecule has 0 spiro atoms. The topological polar surface area (TPSA) is 52.3 Å². The van der Waals surface area contributed by atoms with Gasteiger partial charge in [-0.2, -0.15) is 0 Å². The van der Waals surface area contributed by atoms with E-state index in [-0.39, 0.29) is 17.2 Å². The van der Waals surface area contributed by atoms with E-state index in [1.165, 1.54) is 30.3 Å². The van der Waals surface area contributed by atoms with Gasteiger partial charge >= 0.3 is 5.97 Å². The molecule has 0 saturated heterocycles. The molecule has 20 heavy (non-hydrogen) atoms. The van der Waals surface area contributed by atoms with Gasteiger partial charge in [0.05, 0.1) is 21.3 Å². The Morgan fingerprint density at radius 1 is 1.15 bits per heavy atom. The molecule has 2 N–H and O–H groups in total. The molecule has 0 aromatic heterocycles. The van der Waals surface area contributed by atoms with Crippen LogP contribution in [0.3, 0.4) is 0 Å².